The molecule has 0 radical (unpaired) electrons. The van der Waals surface area contributed by atoms with Crippen LogP contribution in [0.3, 0.4) is 0 Å². The number of pyridine rings is 1. The maximum absolute atomic E-state index is 11.6. The molecule has 0 aliphatic rings. The molecule has 0 saturated carbocycles. The number of nitrogens with zero attached hydrogens (tertiary/aromatic N) is 1. The highest BCUT2D eigenvalue weighted by Crippen LogP contribution is 2.26. The van der Waals surface area contributed by atoms with E-state index in [2.05, 4.69) is 9.97 Å². The highest BCUT2D eigenvalue weighted by atomic mass is 16.5. The molecule has 3 rings (SSSR count). The molecule has 0 bridgehead atoms. The number of methoxy groups -OCH3 is 1. The number of carbonyl (C=O) groups is 1. The third-order valence-electron chi connectivity index (χ3n) is 2.83. The molecule has 0 saturated heterocycles. The van der Waals surface area contributed by atoms with Crippen LogP contribution in [0.5, 0.6) is 0 Å². The van der Waals surface area contributed by atoms with E-state index in [9.17, 15) is 4.79 Å². The second kappa shape index (κ2) is 3.59. The molecule has 4 nitrogen and oxygen atoms in total. The summed E-state index contributed by atoms with van der Waals surface area (Å²) in [4.78, 5) is 18.9. The maximum atomic E-state index is 11.6. The number of carbonyl (C=O) groups excluding carboxylic acids is 1. The molecule has 0 spiro atoms. The van der Waals surface area contributed by atoms with Gasteiger partial charge in [-0.25, -0.2) is 4.79 Å². The Morgan fingerprint density at radius 3 is 2.88 bits per heavy atom. The summed E-state index contributed by atoms with van der Waals surface area (Å²) in [5.41, 5.74) is 2.22. The van der Waals surface area contributed by atoms with Crippen LogP contribution >= 0.6 is 0 Å². The number of hydrogen-bond acceptors (Lipinski definition) is 3. The lowest BCUT2D eigenvalue weighted by atomic mass is 10.1. The van der Waals surface area contributed by atoms with E-state index in [0.717, 1.165) is 21.8 Å². The molecule has 0 atom stereocenters. The molecule has 84 valence electrons. The van der Waals surface area contributed by atoms with E-state index in [1.807, 2.05) is 24.3 Å². The molecule has 0 unspecified atom stereocenters. The minimum Gasteiger partial charge on any atom is -0.465 e. The number of H-pyrrole nitrogens is 1. The molecule has 0 amide bonds. The molecule has 0 fully saturated rings. The second-order valence-electron chi connectivity index (χ2n) is 3.77. The first-order valence-electron chi connectivity index (χ1n) is 5.24. The lowest BCUT2D eigenvalue weighted by Crippen LogP contribution is -2.02. The summed E-state index contributed by atoms with van der Waals surface area (Å²) in [7, 11) is 1.36. The first kappa shape index (κ1) is 9.84. The van der Waals surface area contributed by atoms with E-state index in [1.165, 1.54) is 13.3 Å². The van der Waals surface area contributed by atoms with Crippen molar-refractivity contribution in [2.45, 2.75) is 0 Å². The minimum atomic E-state index is -0.380. The lowest BCUT2D eigenvalue weighted by Gasteiger charge is -1.99. The molecule has 1 N–H and O–H groups in total. The number of ether oxygens (including phenoxy) is 1. The summed E-state index contributed by atoms with van der Waals surface area (Å²) < 4.78 is 4.74. The van der Waals surface area contributed by atoms with E-state index in [1.54, 1.807) is 6.20 Å². The van der Waals surface area contributed by atoms with Crippen molar-refractivity contribution in [3.05, 3.63) is 42.2 Å². The van der Waals surface area contributed by atoms with E-state index in [0.29, 0.717) is 5.56 Å². The van der Waals surface area contributed by atoms with Gasteiger partial charge in [0.1, 0.15) is 5.56 Å². The zero-order chi connectivity index (χ0) is 11.8. The van der Waals surface area contributed by atoms with Gasteiger partial charge in [0.2, 0.25) is 0 Å². The summed E-state index contributed by atoms with van der Waals surface area (Å²) >= 11 is 0. The minimum absolute atomic E-state index is 0.380. The van der Waals surface area contributed by atoms with Crippen LogP contribution in [0.1, 0.15) is 10.4 Å². The molecule has 2 aromatic heterocycles. The Balaban J connectivity index is 2.43. The molecular weight excluding hydrogens is 216 g/mol. The molecule has 0 aliphatic heterocycles. The summed E-state index contributed by atoms with van der Waals surface area (Å²) in [6.45, 7) is 0. The van der Waals surface area contributed by atoms with Gasteiger partial charge in [0.15, 0.2) is 0 Å². The van der Waals surface area contributed by atoms with Crippen molar-refractivity contribution in [1.82, 2.24) is 9.97 Å². The van der Waals surface area contributed by atoms with Gasteiger partial charge in [0.25, 0.3) is 0 Å². The van der Waals surface area contributed by atoms with E-state index in [-0.39, 0.29) is 5.97 Å². The highest BCUT2D eigenvalue weighted by Gasteiger charge is 2.14. The summed E-state index contributed by atoms with van der Waals surface area (Å²) in [6, 6.07) is 7.87. The average molecular weight is 226 g/mol. The van der Waals surface area contributed by atoms with Gasteiger partial charge in [0.05, 0.1) is 12.6 Å². The largest absolute Gasteiger partial charge is 0.465 e. The van der Waals surface area contributed by atoms with Gasteiger partial charge in [-0.15, -0.1) is 0 Å². The van der Waals surface area contributed by atoms with Crippen LogP contribution in [0.2, 0.25) is 0 Å². The van der Waals surface area contributed by atoms with Crippen LogP contribution in [0.4, 0.5) is 0 Å². The van der Waals surface area contributed by atoms with E-state index in [4.69, 9.17) is 4.74 Å². The van der Waals surface area contributed by atoms with Gasteiger partial charge in [-0.1, -0.05) is 18.2 Å². The van der Waals surface area contributed by atoms with Gasteiger partial charge >= 0.3 is 5.97 Å². The average Bonchev–Trinajstić information content (AvgIpc) is 2.76. The first-order chi connectivity index (χ1) is 8.31. The quantitative estimate of drug-likeness (QED) is 0.648. The Labute approximate surface area is 97.2 Å². The SMILES string of the molecule is COC(=O)c1cncc2c1[nH]c1ccccc12. The third kappa shape index (κ3) is 1.38. The lowest BCUT2D eigenvalue weighted by molar-refractivity contribution is 0.0602. The van der Waals surface area contributed by atoms with Crippen LogP contribution < -0.4 is 0 Å². The smallest absolute Gasteiger partial charge is 0.341 e. The van der Waals surface area contributed by atoms with Crippen molar-refractivity contribution in [3.8, 4) is 0 Å². The van der Waals surface area contributed by atoms with E-state index < -0.39 is 0 Å². The number of hydrogen-bond donors (Lipinski definition) is 1. The number of aromatic amines is 1. The fourth-order valence-corrected chi connectivity index (χ4v) is 2.03. The Morgan fingerprint density at radius 2 is 2.06 bits per heavy atom. The summed E-state index contributed by atoms with van der Waals surface area (Å²) in [5.74, 6) is -0.380. The number of fused-ring (bicyclic) bond motifs is 3. The third-order valence-corrected chi connectivity index (χ3v) is 2.83. The zero-order valence-electron chi connectivity index (χ0n) is 9.23. The van der Waals surface area contributed by atoms with Crippen molar-refractivity contribution >= 4 is 27.8 Å². The van der Waals surface area contributed by atoms with Crippen LogP contribution in [-0.4, -0.2) is 23.0 Å². The van der Waals surface area contributed by atoms with Gasteiger partial charge in [-0.05, 0) is 6.07 Å². The van der Waals surface area contributed by atoms with Gasteiger partial charge in [-0.3, -0.25) is 4.98 Å². The van der Waals surface area contributed by atoms with Crippen LogP contribution in [-0.2, 0) is 4.74 Å². The molecule has 1 aromatic carbocycles. The molecule has 0 aliphatic carbocycles. The van der Waals surface area contributed by atoms with Gasteiger partial charge in [-0.2, -0.15) is 0 Å². The van der Waals surface area contributed by atoms with Gasteiger partial charge in [0, 0.05) is 28.7 Å². The predicted molar refractivity (Wildman–Crippen MR) is 64.9 cm³/mol. The standard InChI is InChI=1S/C13H10N2O2/c1-17-13(16)10-7-14-6-9-8-4-2-3-5-11(8)15-12(9)10/h2-7,15H,1H3. The van der Waals surface area contributed by atoms with Gasteiger partial charge < -0.3 is 9.72 Å². The zero-order valence-corrected chi connectivity index (χ0v) is 9.23. The first-order valence-corrected chi connectivity index (χ1v) is 5.24. The number of para-hydroxylation sites is 1. The second-order valence-corrected chi connectivity index (χ2v) is 3.77. The van der Waals surface area contributed by atoms with Crippen molar-refractivity contribution in [2.24, 2.45) is 0 Å². The summed E-state index contributed by atoms with van der Waals surface area (Å²) in [5, 5.41) is 1.99. The maximum Gasteiger partial charge on any atom is 0.341 e. The molecule has 2 heterocycles. The Hall–Kier alpha value is -2.36. The van der Waals surface area contributed by atoms with Crippen molar-refractivity contribution in [1.29, 1.82) is 0 Å². The fourth-order valence-electron chi connectivity index (χ4n) is 2.03. The number of esters is 1. The number of aromatic nitrogens is 2. The Kier molecular flexibility index (Phi) is 2.08. The predicted octanol–water partition coefficient (Wildman–Crippen LogP) is 2.50. The van der Waals surface area contributed by atoms with Crippen molar-refractivity contribution < 1.29 is 9.53 Å². The topological polar surface area (TPSA) is 55.0 Å². The van der Waals surface area contributed by atoms with Crippen molar-refractivity contribution in [2.75, 3.05) is 7.11 Å². The van der Waals surface area contributed by atoms with Crippen LogP contribution in [0.15, 0.2) is 36.7 Å². The number of benzene rings is 1. The molecule has 3 aromatic rings. The number of rotatable bonds is 1. The normalized spacial score (nSPS) is 10.9. The monoisotopic (exact) mass is 226 g/mol. The molecular formula is C13H10N2O2. The Morgan fingerprint density at radius 1 is 1.24 bits per heavy atom. The number of nitrogens with one attached hydrogen (secondary N) is 1. The van der Waals surface area contributed by atoms with Crippen LogP contribution in [0, 0.1) is 0 Å². The highest BCUT2D eigenvalue weighted by molar-refractivity contribution is 6.13. The van der Waals surface area contributed by atoms with Crippen LogP contribution in [0.25, 0.3) is 21.8 Å². The Bertz CT molecular complexity index is 716. The summed E-state index contributed by atoms with van der Waals surface area (Å²) in [6.07, 6.45) is 3.27. The fraction of sp³-hybridized carbons (Fsp3) is 0.0769. The molecule has 17 heavy (non-hydrogen) atoms. The van der Waals surface area contributed by atoms with Crippen molar-refractivity contribution in [3.63, 3.8) is 0 Å². The molecule has 4 heteroatoms. The van der Waals surface area contributed by atoms with E-state index >= 15 is 0 Å².